The highest BCUT2D eigenvalue weighted by Crippen LogP contribution is 2.09. The summed E-state index contributed by atoms with van der Waals surface area (Å²) in [6.07, 6.45) is 1.97. The van der Waals surface area contributed by atoms with Crippen LogP contribution in [0.4, 0.5) is 0 Å². The monoisotopic (exact) mass is 329 g/mol. The first-order chi connectivity index (χ1) is 10.4. The molecule has 2 unspecified atom stereocenters. The fourth-order valence-corrected chi connectivity index (χ4v) is 2.13. The quantitative estimate of drug-likeness (QED) is 0.287. The van der Waals surface area contributed by atoms with Crippen molar-refractivity contribution in [1.82, 2.24) is 14.9 Å². The van der Waals surface area contributed by atoms with Crippen molar-refractivity contribution in [3.8, 4) is 0 Å². The summed E-state index contributed by atoms with van der Waals surface area (Å²) in [5.74, 6) is -3.93. The largest absolute Gasteiger partial charge is 0.480 e. The van der Waals surface area contributed by atoms with Gasteiger partial charge < -0.3 is 15.5 Å². The molecule has 0 fully saturated rings. The number of hydrogen-bond acceptors (Lipinski definition) is 7. The van der Waals surface area contributed by atoms with E-state index in [1.165, 1.54) is 5.41 Å². The number of carbonyl (C=O) groups is 4. The van der Waals surface area contributed by atoms with E-state index in [1.54, 1.807) is 0 Å². The molecule has 10 heteroatoms. The van der Waals surface area contributed by atoms with Crippen molar-refractivity contribution < 1.29 is 29.4 Å². The Morgan fingerprint density at radius 2 is 1.82 bits per heavy atom. The number of aliphatic carboxylic acids is 2. The smallest absolute Gasteiger partial charge is 0.328 e. The number of hydrogen-bond donors (Lipinski definition) is 4. The molecule has 0 bridgehead atoms. The van der Waals surface area contributed by atoms with Gasteiger partial charge in [0.2, 0.25) is 0 Å². The van der Waals surface area contributed by atoms with Crippen LogP contribution < -0.4 is 10.0 Å². The summed E-state index contributed by atoms with van der Waals surface area (Å²) in [5, 5.41) is 22.1. The third kappa shape index (κ3) is 4.69. The highest BCUT2D eigenvalue weighted by Gasteiger charge is 2.35. The van der Waals surface area contributed by atoms with E-state index in [0.717, 1.165) is 24.1 Å². The Bertz CT molecular complexity index is 503. The minimum Gasteiger partial charge on any atom is -0.480 e. The van der Waals surface area contributed by atoms with Gasteiger partial charge in [-0.05, 0) is 5.41 Å². The van der Waals surface area contributed by atoms with Crippen LogP contribution in [0.5, 0.6) is 0 Å². The third-order valence-electron chi connectivity index (χ3n) is 2.72. The second kappa shape index (κ2) is 8.32. The minimum absolute atomic E-state index is 0.0936. The molecule has 2 amide bonds. The van der Waals surface area contributed by atoms with Crippen molar-refractivity contribution in [2.45, 2.75) is 12.1 Å². The number of rotatable bonds is 10. The lowest BCUT2D eigenvalue weighted by atomic mass is 10.2. The molecule has 0 aromatic carbocycles. The number of carbonyl (C=O) groups excluding carboxylic acids is 2. The third-order valence-corrected chi connectivity index (χ3v) is 3.31. The Labute approximate surface area is 130 Å². The van der Waals surface area contributed by atoms with Gasteiger partial charge in [-0.25, -0.2) is 9.52 Å². The summed E-state index contributed by atoms with van der Waals surface area (Å²) in [7, 11) is 0. The molecule has 0 spiro atoms. The second-order valence-corrected chi connectivity index (χ2v) is 4.99. The zero-order chi connectivity index (χ0) is 16.7. The average molecular weight is 329 g/mol. The van der Waals surface area contributed by atoms with Crippen molar-refractivity contribution >= 4 is 35.7 Å². The minimum atomic E-state index is -1.41. The van der Waals surface area contributed by atoms with E-state index >= 15 is 0 Å². The second-order valence-electron chi connectivity index (χ2n) is 4.19. The fourth-order valence-electron chi connectivity index (χ4n) is 1.68. The van der Waals surface area contributed by atoms with Gasteiger partial charge in [-0.3, -0.25) is 19.3 Å². The van der Waals surface area contributed by atoms with Gasteiger partial charge in [0, 0.05) is 25.2 Å². The number of nitrogens with one attached hydrogen (secondary N) is 2. The molecular weight excluding hydrogens is 314 g/mol. The lowest BCUT2D eigenvalue weighted by molar-refractivity contribution is -0.153. The topological polar surface area (TPSA) is 136 Å². The molecule has 9 nitrogen and oxygen atoms in total. The van der Waals surface area contributed by atoms with Gasteiger partial charge in [0.1, 0.15) is 12.1 Å². The summed E-state index contributed by atoms with van der Waals surface area (Å²) >= 11 is 0.984. The van der Waals surface area contributed by atoms with Gasteiger partial charge in [0.05, 0.1) is 0 Å². The van der Waals surface area contributed by atoms with E-state index in [2.05, 4.69) is 16.6 Å². The SMILES string of the molecule is C=CSNC(CNCC(C(=O)O)N1C(=O)C=CC1=O)C(=O)O. The predicted octanol–water partition coefficient (Wildman–Crippen LogP) is -1.21. The Morgan fingerprint density at radius 1 is 1.23 bits per heavy atom. The number of carboxylic acid groups (broad SMARTS) is 2. The van der Waals surface area contributed by atoms with E-state index in [0.29, 0.717) is 4.90 Å². The summed E-state index contributed by atoms with van der Waals surface area (Å²) in [4.78, 5) is 45.8. The number of imide groups is 1. The first-order valence-corrected chi connectivity index (χ1v) is 7.00. The van der Waals surface area contributed by atoms with E-state index < -0.39 is 35.8 Å². The maximum atomic E-state index is 11.5. The van der Waals surface area contributed by atoms with Crippen molar-refractivity contribution in [3.63, 3.8) is 0 Å². The van der Waals surface area contributed by atoms with Crippen LogP contribution in [0.3, 0.4) is 0 Å². The van der Waals surface area contributed by atoms with Crippen LogP contribution in [-0.2, 0) is 19.2 Å². The predicted molar refractivity (Wildman–Crippen MR) is 77.6 cm³/mol. The van der Waals surface area contributed by atoms with Crippen molar-refractivity contribution in [3.05, 3.63) is 24.1 Å². The lowest BCUT2D eigenvalue weighted by Crippen LogP contribution is -2.52. The molecule has 22 heavy (non-hydrogen) atoms. The molecule has 2 atom stereocenters. The molecule has 4 N–H and O–H groups in total. The summed E-state index contributed by atoms with van der Waals surface area (Å²) in [6, 6.07) is -2.39. The molecule has 120 valence electrons. The number of amides is 2. The van der Waals surface area contributed by atoms with Gasteiger partial charge in [-0.1, -0.05) is 18.5 Å². The van der Waals surface area contributed by atoms with Crippen LogP contribution in [0, 0.1) is 0 Å². The molecule has 0 aliphatic carbocycles. The first-order valence-electron chi connectivity index (χ1n) is 6.12. The average Bonchev–Trinajstić information content (AvgIpc) is 2.77. The molecule has 1 rings (SSSR count). The fraction of sp³-hybridized carbons (Fsp3) is 0.333. The van der Waals surface area contributed by atoms with Crippen molar-refractivity contribution in [1.29, 1.82) is 0 Å². The highest BCUT2D eigenvalue weighted by atomic mass is 32.2. The van der Waals surface area contributed by atoms with E-state index in [4.69, 9.17) is 10.2 Å². The summed E-state index contributed by atoms with van der Waals surface area (Å²) in [6.45, 7) is 3.05. The van der Waals surface area contributed by atoms with Crippen LogP contribution in [0.2, 0.25) is 0 Å². The molecule has 0 saturated carbocycles. The normalized spacial score (nSPS) is 16.6. The van der Waals surface area contributed by atoms with Crippen LogP contribution >= 0.6 is 11.9 Å². The standard InChI is InChI=1S/C12H15N3O6S/c1-2-22-14-7(11(18)19)5-13-6-8(12(20)21)15-9(16)3-4-10(15)17/h2-4,7-8,13-14H,1,5-6H2,(H,18,19)(H,20,21). The summed E-state index contributed by atoms with van der Waals surface area (Å²) in [5.41, 5.74) is 0. The maximum Gasteiger partial charge on any atom is 0.328 e. The van der Waals surface area contributed by atoms with Crippen LogP contribution in [0.15, 0.2) is 24.1 Å². The zero-order valence-electron chi connectivity index (χ0n) is 11.4. The van der Waals surface area contributed by atoms with E-state index in [9.17, 15) is 19.2 Å². The van der Waals surface area contributed by atoms with Gasteiger partial charge in [-0.15, -0.1) is 0 Å². The Morgan fingerprint density at radius 3 is 2.27 bits per heavy atom. The van der Waals surface area contributed by atoms with E-state index in [1.807, 2.05) is 0 Å². The highest BCUT2D eigenvalue weighted by molar-refractivity contribution is 8.00. The molecular formula is C12H15N3O6S. The maximum absolute atomic E-state index is 11.5. The van der Waals surface area contributed by atoms with Crippen LogP contribution in [0.25, 0.3) is 0 Å². The molecule has 0 saturated heterocycles. The van der Waals surface area contributed by atoms with Gasteiger partial charge in [0.25, 0.3) is 11.8 Å². The molecule has 0 aromatic rings. The Hall–Kier alpha value is -2.17. The molecule has 1 aliphatic heterocycles. The van der Waals surface area contributed by atoms with Crippen LogP contribution in [-0.4, -0.2) is 64.0 Å². The van der Waals surface area contributed by atoms with E-state index in [-0.39, 0.29) is 13.1 Å². The van der Waals surface area contributed by atoms with Crippen molar-refractivity contribution in [2.75, 3.05) is 13.1 Å². The molecule has 0 radical (unpaired) electrons. The first kappa shape index (κ1) is 17.9. The van der Waals surface area contributed by atoms with Crippen LogP contribution in [0.1, 0.15) is 0 Å². The molecule has 1 heterocycles. The van der Waals surface area contributed by atoms with Gasteiger partial charge in [-0.2, -0.15) is 0 Å². The molecule has 1 aliphatic rings. The Balaban J connectivity index is 2.60. The van der Waals surface area contributed by atoms with Gasteiger partial charge in [0.15, 0.2) is 0 Å². The number of nitrogens with zero attached hydrogens (tertiary/aromatic N) is 1. The van der Waals surface area contributed by atoms with Crippen molar-refractivity contribution in [2.24, 2.45) is 0 Å². The number of carboxylic acids is 2. The van der Waals surface area contributed by atoms with Gasteiger partial charge >= 0.3 is 11.9 Å². The lowest BCUT2D eigenvalue weighted by Gasteiger charge is -2.23. The Kier molecular flexibility index (Phi) is 6.76. The molecule has 0 aromatic heterocycles. The summed E-state index contributed by atoms with van der Waals surface area (Å²) < 4.78 is 2.59. The zero-order valence-corrected chi connectivity index (χ0v) is 12.2.